The monoisotopic (exact) mass is 450 g/mol. The maximum atomic E-state index is 9.10. The van der Waals surface area contributed by atoms with Crippen molar-refractivity contribution in [3.05, 3.63) is 71.1 Å². The van der Waals surface area contributed by atoms with Gasteiger partial charge < -0.3 is 15.8 Å². The van der Waals surface area contributed by atoms with Gasteiger partial charge in [0.2, 0.25) is 11.9 Å². The van der Waals surface area contributed by atoms with Crippen molar-refractivity contribution >= 4 is 33.5 Å². The van der Waals surface area contributed by atoms with Crippen LogP contribution in [0.4, 0.5) is 5.69 Å². The molecule has 0 aliphatic rings. The molecule has 0 bridgehead atoms. The fourth-order valence-corrected chi connectivity index (χ4v) is 2.71. The van der Waals surface area contributed by atoms with Crippen molar-refractivity contribution in [1.82, 2.24) is 0 Å². The summed E-state index contributed by atoms with van der Waals surface area (Å²) in [5.41, 5.74) is 9.03. The molecular formula is C21H19BrN6O. The Labute approximate surface area is 178 Å². The van der Waals surface area contributed by atoms with Crippen LogP contribution in [0.2, 0.25) is 0 Å². The van der Waals surface area contributed by atoms with Gasteiger partial charge in [-0.05, 0) is 61.4 Å². The SMILES string of the molecule is C=C(N)/N=C(\N=C(/CBr)Oc1c(C)cc(C#N)cc1C)Nc1ccc(C#N)cc1. The molecule has 0 aromatic heterocycles. The number of guanidine groups is 1. The van der Waals surface area contributed by atoms with E-state index in [1.54, 1.807) is 36.4 Å². The molecule has 0 atom stereocenters. The molecule has 29 heavy (non-hydrogen) atoms. The van der Waals surface area contributed by atoms with Crippen LogP contribution >= 0.6 is 15.9 Å². The zero-order chi connectivity index (χ0) is 21.4. The molecule has 0 spiro atoms. The largest absolute Gasteiger partial charge is 0.441 e. The number of benzene rings is 2. The molecule has 2 aromatic carbocycles. The predicted molar refractivity (Wildman–Crippen MR) is 118 cm³/mol. The number of aryl methyl sites for hydroxylation is 2. The minimum absolute atomic E-state index is 0.0737. The third-order valence-corrected chi connectivity index (χ3v) is 4.15. The fraction of sp³-hybridized carbons (Fsp3) is 0.143. The van der Waals surface area contributed by atoms with Crippen LogP contribution in [-0.2, 0) is 0 Å². The second-order valence-electron chi connectivity index (χ2n) is 6.03. The van der Waals surface area contributed by atoms with Gasteiger partial charge in [-0.15, -0.1) is 0 Å². The van der Waals surface area contributed by atoms with E-state index in [2.05, 4.69) is 49.9 Å². The van der Waals surface area contributed by atoms with Crippen LogP contribution in [0, 0.1) is 36.5 Å². The zero-order valence-electron chi connectivity index (χ0n) is 16.0. The number of nitrogens with zero attached hydrogens (tertiary/aromatic N) is 4. The maximum Gasteiger partial charge on any atom is 0.232 e. The highest BCUT2D eigenvalue weighted by molar-refractivity contribution is 9.09. The van der Waals surface area contributed by atoms with E-state index in [4.69, 9.17) is 21.0 Å². The zero-order valence-corrected chi connectivity index (χ0v) is 17.6. The Bertz CT molecular complexity index is 1040. The van der Waals surface area contributed by atoms with Gasteiger partial charge >= 0.3 is 0 Å². The van der Waals surface area contributed by atoms with Crippen molar-refractivity contribution in [2.24, 2.45) is 15.7 Å². The molecule has 3 N–H and O–H groups in total. The van der Waals surface area contributed by atoms with Crippen molar-refractivity contribution in [2.45, 2.75) is 13.8 Å². The van der Waals surface area contributed by atoms with Gasteiger partial charge in [-0.3, -0.25) is 0 Å². The highest BCUT2D eigenvalue weighted by Crippen LogP contribution is 2.25. The Hall–Kier alpha value is -3.62. The molecule has 7 nitrogen and oxygen atoms in total. The Morgan fingerprint density at radius 3 is 2.17 bits per heavy atom. The number of hydrogen-bond acceptors (Lipinski definition) is 5. The summed E-state index contributed by atoms with van der Waals surface area (Å²) in [5.74, 6) is 1.21. The number of nitrogens with one attached hydrogen (secondary N) is 1. The van der Waals surface area contributed by atoms with E-state index in [1.165, 1.54) is 0 Å². The molecule has 0 saturated carbocycles. The van der Waals surface area contributed by atoms with Gasteiger partial charge in [-0.25, -0.2) is 0 Å². The van der Waals surface area contributed by atoms with E-state index >= 15 is 0 Å². The summed E-state index contributed by atoms with van der Waals surface area (Å²) in [6, 6.07) is 14.5. The maximum absolute atomic E-state index is 9.10. The average molecular weight is 451 g/mol. The number of anilines is 1. The van der Waals surface area contributed by atoms with Gasteiger partial charge in [-0.2, -0.15) is 20.5 Å². The minimum atomic E-state index is 0.0737. The topological polar surface area (TPSA) is 120 Å². The molecule has 0 radical (unpaired) electrons. The first kappa shape index (κ1) is 21.7. The van der Waals surface area contributed by atoms with Crippen molar-refractivity contribution in [1.29, 1.82) is 10.5 Å². The second-order valence-corrected chi connectivity index (χ2v) is 6.59. The number of nitrogens with two attached hydrogens (primary N) is 1. The second kappa shape index (κ2) is 10.1. The van der Waals surface area contributed by atoms with Crippen molar-refractivity contribution in [3.8, 4) is 17.9 Å². The summed E-state index contributed by atoms with van der Waals surface area (Å²) in [6.45, 7) is 7.31. The van der Waals surface area contributed by atoms with E-state index < -0.39 is 0 Å². The highest BCUT2D eigenvalue weighted by atomic mass is 79.9. The van der Waals surface area contributed by atoms with E-state index in [9.17, 15) is 0 Å². The Balaban J connectivity index is 2.34. The molecule has 146 valence electrons. The number of halogens is 1. The predicted octanol–water partition coefficient (Wildman–Crippen LogP) is 4.12. The van der Waals surface area contributed by atoms with E-state index in [1.807, 2.05) is 13.8 Å². The lowest BCUT2D eigenvalue weighted by molar-refractivity contribution is 0.540. The minimum Gasteiger partial charge on any atom is -0.441 e. The molecule has 2 rings (SSSR count). The lowest BCUT2D eigenvalue weighted by Gasteiger charge is -2.14. The van der Waals surface area contributed by atoms with Gasteiger partial charge in [0.25, 0.3) is 0 Å². The van der Waals surface area contributed by atoms with Gasteiger partial charge in [0.05, 0.1) is 28.6 Å². The third-order valence-electron chi connectivity index (χ3n) is 3.67. The summed E-state index contributed by atoms with van der Waals surface area (Å²) >= 11 is 3.37. The van der Waals surface area contributed by atoms with Gasteiger partial charge in [0.15, 0.2) is 0 Å². The van der Waals surface area contributed by atoms with Crippen LogP contribution in [0.15, 0.2) is 58.8 Å². The quantitative estimate of drug-likeness (QED) is 0.412. The number of aliphatic imine (C=N–C) groups is 2. The third kappa shape index (κ3) is 6.20. The Morgan fingerprint density at radius 2 is 1.69 bits per heavy atom. The van der Waals surface area contributed by atoms with Crippen LogP contribution in [0.25, 0.3) is 0 Å². The molecule has 0 aliphatic carbocycles. The van der Waals surface area contributed by atoms with E-state index in [0.29, 0.717) is 33.8 Å². The molecule has 2 aromatic rings. The number of alkyl halides is 1. The van der Waals surface area contributed by atoms with Gasteiger partial charge in [0, 0.05) is 5.69 Å². The molecular weight excluding hydrogens is 432 g/mol. The number of hydrogen-bond donors (Lipinski definition) is 2. The molecule has 0 amide bonds. The first-order chi connectivity index (χ1) is 13.9. The first-order valence-electron chi connectivity index (χ1n) is 8.49. The fourth-order valence-electron chi connectivity index (χ4n) is 2.47. The van der Waals surface area contributed by atoms with E-state index in [0.717, 1.165) is 11.1 Å². The van der Waals surface area contributed by atoms with Gasteiger partial charge in [-0.1, -0.05) is 22.5 Å². The van der Waals surface area contributed by atoms with Crippen molar-refractivity contribution in [3.63, 3.8) is 0 Å². The first-order valence-corrected chi connectivity index (χ1v) is 9.61. The van der Waals surface area contributed by atoms with Gasteiger partial charge in [0.1, 0.15) is 11.6 Å². The molecule has 0 saturated heterocycles. The summed E-state index contributed by atoms with van der Waals surface area (Å²) in [6.07, 6.45) is 0. The van der Waals surface area contributed by atoms with Crippen LogP contribution in [-0.4, -0.2) is 17.2 Å². The normalized spacial score (nSPS) is 11.3. The Morgan fingerprint density at radius 1 is 1.10 bits per heavy atom. The van der Waals surface area contributed by atoms with E-state index in [-0.39, 0.29) is 11.8 Å². The van der Waals surface area contributed by atoms with Crippen molar-refractivity contribution in [2.75, 3.05) is 10.6 Å². The number of nitriles is 2. The molecule has 0 heterocycles. The standard InChI is InChI=1S/C21H19BrN6O/c1-13-8-17(12-24)9-14(2)20(13)29-19(10-22)28-21(26-15(3)25)27-18-6-4-16(11-23)5-7-18/h4-9H,3,10,25H2,1-2H3,(H,26,27)/b28-19+. The number of rotatable bonds is 4. The lowest BCUT2D eigenvalue weighted by Crippen LogP contribution is -2.19. The smallest absolute Gasteiger partial charge is 0.232 e. The van der Waals surface area contributed by atoms with Crippen LogP contribution < -0.4 is 15.8 Å². The lowest BCUT2D eigenvalue weighted by atomic mass is 10.1. The summed E-state index contributed by atoms with van der Waals surface area (Å²) in [5, 5.41) is 21.4. The van der Waals surface area contributed by atoms with Crippen molar-refractivity contribution < 1.29 is 4.74 Å². The summed E-state index contributed by atoms with van der Waals surface area (Å²) in [4.78, 5) is 8.52. The molecule has 8 heteroatoms. The van der Waals surface area contributed by atoms with Crippen LogP contribution in [0.3, 0.4) is 0 Å². The molecule has 0 aliphatic heterocycles. The summed E-state index contributed by atoms with van der Waals surface area (Å²) < 4.78 is 5.97. The van der Waals surface area contributed by atoms with Crippen LogP contribution in [0.1, 0.15) is 22.3 Å². The molecule has 0 fully saturated rings. The Kier molecular flexibility index (Phi) is 7.53. The summed E-state index contributed by atoms with van der Waals surface area (Å²) in [7, 11) is 0. The average Bonchev–Trinajstić information content (AvgIpc) is 2.69. The molecule has 0 unspecified atom stereocenters. The highest BCUT2D eigenvalue weighted by Gasteiger charge is 2.11. The van der Waals surface area contributed by atoms with Crippen LogP contribution in [0.5, 0.6) is 5.75 Å². The number of ether oxygens (including phenoxy) is 1.